The summed E-state index contributed by atoms with van der Waals surface area (Å²) in [6, 6.07) is 23.4. The van der Waals surface area contributed by atoms with Crippen LogP contribution >= 0.6 is 0 Å². The molecule has 0 saturated heterocycles. The molecule has 0 fully saturated rings. The van der Waals surface area contributed by atoms with E-state index in [-0.39, 0.29) is 11.3 Å². The van der Waals surface area contributed by atoms with Gasteiger partial charge in [0.15, 0.2) is 5.69 Å². The molecule has 0 aliphatic rings. The highest BCUT2D eigenvalue weighted by atomic mass is 16.5. The molecule has 158 valence electrons. The van der Waals surface area contributed by atoms with Gasteiger partial charge in [-0.2, -0.15) is 10.4 Å². The third-order valence-electron chi connectivity index (χ3n) is 5.20. The highest BCUT2D eigenvalue weighted by molar-refractivity contribution is 6.02. The van der Waals surface area contributed by atoms with Crippen molar-refractivity contribution in [1.82, 2.24) is 9.78 Å². The molecule has 6 nitrogen and oxygen atoms in total. The molecule has 4 aromatic rings. The average molecular weight is 423 g/mol. The molecule has 0 atom stereocenters. The normalized spacial score (nSPS) is 10.6. The summed E-state index contributed by atoms with van der Waals surface area (Å²) in [5.74, 6) is -0.234. The minimum absolute atomic E-state index is 0.118. The first-order valence-electron chi connectivity index (χ1n) is 10.4. The van der Waals surface area contributed by atoms with Gasteiger partial charge in [0.1, 0.15) is 5.75 Å². The van der Waals surface area contributed by atoms with Gasteiger partial charge in [0.25, 0.3) is 5.56 Å². The van der Waals surface area contributed by atoms with Gasteiger partial charge in [-0.25, -0.2) is 9.48 Å². The molecular formula is C26H21N3O3. The van der Waals surface area contributed by atoms with Crippen LogP contribution in [0.15, 0.2) is 77.6 Å². The van der Waals surface area contributed by atoms with Crippen molar-refractivity contribution in [1.29, 1.82) is 5.26 Å². The summed E-state index contributed by atoms with van der Waals surface area (Å²) >= 11 is 0. The van der Waals surface area contributed by atoms with Crippen LogP contribution in [0.3, 0.4) is 0 Å². The van der Waals surface area contributed by atoms with Gasteiger partial charge in [0, 0.05) is 11.9 Å². The zero-order valence-corrected chi connectivity index (χ0v) is 17.6. The minimum atomic E-state index is -0.613. The Labute approximate surface area is 185 Å². The number of hydrogen-bond acceptors (Lipinski definition) is 5. The van der Waals surface area contributed by atoms with Crippen molar-refractivity contribution in [3.63, 3.8) is 0 Å². The van der Waals surface area contributed by atoms with Gasteiger partial charge in [-0.3, -0.25) is 4.79 Å². The van der Waals surface area contributed by atoms with Crippen LogP contribution < -0.4 is 10.3 Å². The Kier molecular flexibility index (Phi) is 6.09. The Bertz CT molecular complexity index is 1370. The number of carbonyl (C=O) groups is 1. The summed E-state index contributed by atoms with van der Waals surface area (Å²) in [6.07, 6.45) is 1.70. The maximum absolute atomic E-state index is 13.0. The molecule has 0 bridgehead atoms. The van der Waals surface area contributed by atoms with Crippen LogP contribution in [0.5, 0.6) is 5.75 Å². The number of nitrogens with zero attached hydrogens (tertiary/aromatic N) is 3. The maximum Gasteiger partial charge on any atom is 0.364 e. The largest absolute Gasteiger partial charge is 0.422 e. The van der Waals surface area contributed by atoms with Gasteiger partial charge in [0.2, 0.25) is 0 Å². The van der Waals surface area contributed by atoms with E-state index in [2.05, 4.69) is 11.2 Å². The topological polar surface area (TPSA) is 85.0 Å². The van der Waals surface area contributed by atoms with Crippen molar-refractivity contribution >= 4 is 16.7 Å². The van der Waals surface area contributed by atoms with Gasteiger partial charge in [0.05, 0.1) is 17.0 Å². The number of esters is 1. The summed E-state index contributed by atoms with van der Waals surface area (Å²) in [5, 5.41) is 14.2. The molecule has 0 spiro atoms. The Balaban J connectivity index is 1.61. The zero-order chi connectivity index (χ0) is 22.5. The second-order valence-corrected chi connectivity index (χ2v) is 7.38. The smallest absolute Gasteiger partial charge is 0.364 e. The molecule has 0 unspecified atom stereocenters. The Morgan fingerprint density at radius 2 is 1.59 bits per heavy atom. The molecule has 1 heterocycles. The zero-order valence-electron chi connectivity index (χ0n) is 17.6. The van der Waals surface area contributed by atoms with E-state index < -0.39 is 5.97 Å². The lowest BCUT2D eigenvalue weighted by atomic mass is 10.0. The molecule has 6 heteroatoms. The fourth-order valence-corrected chi connectivity index (χ4v) is 3.45. The molecule has 0 radical (unpaired) electrons. The highest BCUT2D eigenvalue weighted by Gasteiger charge is 2.18. The summed E-state index contributed by atoms with van der Waals surface area (Å²) in [6.45, 7) is 2.47. The fraction of sp³-hybridized carbons (Fsp3) is 0.154. The maximum atomic E-state index is 13.0. The van der Waals surface area contributed by atoms with Crippen LogP contribution in [0.4, 0.5) is 0 Å². The average Bonchev–Trinajstić information content (AvgIpc) is 2.84. The van der Waals surface area contributed by atoms with E-state index in [4.69, 9.17) is 10.00 Å². The first-order chi connectivity index (χ1) is 15.6. The fourth-order valence-electron chi connectivity index (χ4n) is 3.45. The van der Waals surface area contributed by atoms with Crippen LogP contribution in [-0.2, 0) is 6.54 Å². The second-order valence-electron chi connectivity index (χ2n) is 7.38. The molecule has 0 N–H and O–H groups in total. The molecule has 3 aromatic carbocycles. The van der Waals surface area contributed by atoms with Gasteiger partial charge >= 0.3 is 5.97 Å². The van der Waals surface area contributed by atoms with Crippen LogP contribution in [-0.4, -0.2) is 15.7 Å². The van der Waals surface area contributed by atoms with Gasteiger partial charge in [-0.05, 0) is 47.9 Å². The van der Waals surface area contributed by atoms with Crippen LogP contribution in [0.25, 0.3) is 21.9 Å². The Morgan fingerprint density at radius 3 is 2.22 bits per heavy atom. The number of carbonyl (C=O) groups excluding carboxylic acids is 1. The molecular weight excluding hydrogens is 402 g/mol. The van der Waals surface area contributed by atoms with Crippen molar-refractivity contribution in [2.24, 2.45) is 0 Å². The van der Waals surface area contributed by atoms with Crippen LogP contribution in [0.1, 0.15) is 35.8 Å². The SMILES string of the molecule is CCCCn1nc(C(=O)Oc2ccc(-c3ccc(C#N)cc3)cc2)c2ccccc2c1=O. The van der Waals surface area contributed by atoms with E-state index in [1.54, 1.807) is 48.5 Å². The van der Waals surface area contributed by atoms with E-state index in [1.807, 2.05) is 31.2 Å². The van der Waals surface area contributed by atoms with E-state index >= 15 is 0 Å². The molecule has 0 saturated carbocycles. The van der Waals surface area contributed by atoms with E-state index in [0.717, 1.165) is 24.0 Å². The Hall–Kier alpha value is -4.24. The quantitative estimate of drug-likeness (QED) is 0.323. The standard InChI is InChI=1S/C26H21N3O3/c1-2-3-16-29-25(30)23-7-5-4-6-22(23)24(28-29)26(31)32-21-14-12-20(13-15-21)19-10-8-18(17-27)9-11-19/h4-15H,2-3,16H2,1H3. The number of nitriles is 1. The van der Waals surface area contributed by atoms with Crippen molar-refractivity contribution < 1.29 is 9.53 Å². The van der Waals surface area contributed by atoms with Crippen LogP contribution in [0.2, 0.25) is 0 Å². The van der Waals surface area contributed by atoms with E-state index in [1.165, 1.54) is 4.68 Å². The number of ether oxygens (including phenoxy) is 1. The summed E-state index contributed by atoms with van der Waals surface area (Å²) < 4.78 is 6.92. The number of aromatic nitrogens is 2. The first-order valence-corrected chi connectivity index (χ1v) is 10.4. The van der Waals surface area contributed by atoms with Crippen molar-refractivity contribution in [2.45, 2.75) is 26.3 Å². The molecule has 0 aliphatic heterocycles. The monoisotopic (exact) mass is 423 g/mol. The predicted octanol–water partition coefficient (Wildman–Crippen LogP) is 4.95. The highest BCUT2D eigenvalue weighted by Crippen LogP contribution is 2.24. The number of benzene rings is 3. The van der Waals surface area contributed by atoms with E-state index in [0.29, 0.717) is 28.6 Å². The number of fused-ring (bicyclic) bond motifs is 1. The molecule has 0 amide bonds. The van der Waals surface area contributed by atoms with Crippen molar-refractivity contribution in [2.75, 3.05) is 0 Å². The second kappa shape index (κ2) is 9.27. The number of unbranched alkanes of at least 4 members (excludes halogenated alkanes) is 1. The van der Waals surface area contributed by atoms with Crippen molar-refractivity contribution in [3.8, 4) is 22.9 Å². The third kappa shape index (κ3) is 4.28. The lowest BCUT2D eigenvalue weighted by molar-refractivity contribution is 0.0728. The minimum Gasteiger partial charge on any atom is -0.422 e. The van der Waals surface area contributed by atoms with Crippen LogP contribution in [0, 0.1) is 11.3 Å². The number of hydrogen-bond donors (Lipinski definition) is 0. The van der Waals surface area contributed by atoms with E-state index in [9.17, 15) is 9.59 Å². The predicted molar refractivity (Wildman–Crippen MR) is 122 cm³/mol. The number of aryl methyl sites for hydroxylation is 1. The van der Waals surface area contributed by atoms with Crippen molar-refractivity contribution in [3.05, 3.63) is 94.4 Å². The number of rotatable bonds is 6. The Morgan fingerprint density at radius 1 is 0.969 bits per heavy atom. The lowest BCUT2D eigenvalue weighted by Gasteiger charge is -2.11. The molecule has 1 aromatic heterocycles. The summed E-state index contributed by atoms with van der Waals surface area (Å²) in [7, 11) is 0. The summed E-state index contributed by atoms with van der Waals surface area (Å²) in [4.78, 5) is 25.7. The van der Waals surface area contributed by atoms with Gasteiger partial charge in [-0.15, -0.1) is 0 Å². The summed E-state index contributed by atoms with van der Waals surface area (Å²) in [5.41, 5.74) is 2.40. The molecule has 32 heavy (non-hydrogen) atoms. The lowest BCUT2D eigenvalue weighted by Crippen LogP contribution is -2.27. The third-order valence-corrected chi connectivity index (χ3v) is 5.20. The van der Waals surface area contributed by atoms with Gasteiger partial charge in [-0.1, -0.05) is 55.8 Å². The van der Waals surface area contributed by atoms with Gasteiger partial charge < -0.3 is 4.74 Å². The molecule has 4 rings (SSSR count). The molecule has 0 aliphatic carbocycles. The first kappa shape index (κ1) is 21.0.